The average Bonchev–Trinajstić information content (AvgIpc) is 3.00. The number of nitrogens with one attached hydrogen (secondary N) is 1. The molecule has 4 heteroatoms. The molecule has 0 aromatic rings. The van der Waals surface area contributed by atoms with Crippen molar-refractivity contribution in [3.63, 3.8) is 0 Å². The predicted octanol–water partition coefficient (Wildman–Crippen LogP) is 3.81. The van der Waals surface area contributed by atoms with Crippen molar-refractivity contribution in [2.45, 2.75) is 77.7 Å². The molecular weight excluding hydrogens is 350 g/mol. The maximum Gasteiger partial charge on any atom is 0.139 e. The largest absolute Gasteiger partial charge is 0.396 e. The van der Waals surface area contributed by atoms with Crippen LogP contribution in [-0.2, 0) is 9.53 Å². The summed E-state index contributed by atoms with van der Waals surface area (Å²) in [6, 6.07) is 0. The molecule has 0 bridgehead atoms. The monoisotopic (exact) mass is 391 g/mol. The third-order valence-corrected chi connectivity index (χ3v) is 9.67. The van der Waals surface area contributed by atoms with Gasteiger partial charge in [0.1, 0.15) is 5.78 Å². The third kappa shape index (κ3) is 3.28. The fourth-order valence-corrected chi connectivity index (χ4v) is 8.09. The van der Waals surface area contributed by atoms with E-state index in [4.69, 9.17) is 4.74 Å². The van der Waals surface area contributed by atoms with E-state index in [9.17, 15) is 9.90 Å². The van der Waals surface area contributed by atoms with Gasteiger partial charge in [-0.1, -0.05) is 13.8 Å². The van der Waals surface area contributed by atoms with Gasteiger partial charge in [0.25, 0.3) is 0 Å². The van der Waals surface area contributed by atoms with Gasteiger partial charge in [-0.05, 0) is 100.0 Å². The quantitative estimate of drug-likeness (QED) is 0.676. The van der Waals surface area contributed by atoms with E-state index >= 15 is 0 Å². The van der Waals surface area contributed by atoms with Gasteiger partial charge in [-0.15, -0.1) is 0 Å². The Bertz CT molecular complexity index is 580. The molecule has 0 radical (unpaired) electrons. The molecule has 0 aromatic carbocycles. The number of ether oxygens (including phenoxy) is 1. The van der Waals surface area contributed by atoms with Crippen molar-refractivity contribution in [2.24, 2.45) is 40.4 Å². The number of hydrogen-bond donors (Lipinski definition) is 2. The minimum absolute atomic E-state index is 0.0714. The molecule has 0 heterocycles. The Labute approximate surface area is 171 Å². The molecule has 2 N–H and O–H groups in total. The van der Waals surface area contributed by atoms with Gasteiger partial charge in [0.2, 0.25) is 0 Å². The summed E-state index contributed by atoms with van der Waals surface area (Å²) in [5.41, 5.74) is 0.242. The van der Waals surface area contributed by atoms with Crippen LogP contribution in [-0.4, -0.2) is 43.8 Å². The summed E-state index contributed by atoms with van der Waals surface area (Å²) in [4.78, 5) is 12.6. The van der Waals surface area contributed by atoms with Crippen LogP contribution >= 0.6 is 0 Å². The minimum atomic E-state index is -0.0714. The average molecular weight is 392 g/mol. The van der Waals surface area contributed by atoms with E-state index in [-0.39, 0.29) is 5.41 Å². The molecule has 0 spiro atoms. The number of Topliss-reactive ketones (excluding diaryl/α,β-unsaturated/α-hetero) is 1. The Morgan fingerprint density at radius 2 is 1.93 bits per heavy atom. The van der Waals surface area contributed by atoms with Gasteiger partial charge < -0.3 is 15.2 Å². The van der Waals surface area contributed by atoms with E-state index in [1.54, 1.807) is 0 Å². The minimum Gasteiger partial charge on any atom is -0.396 e. The number of carbonyl (C=O) groups excluding carboxylic acids is 1. The first-order valence-electron chi connectivity index (χ1n) is 11.8. The fourth-order valence-electron chi connectivity index (χ4n) is 8.09. The van der Waals surface area contributed by atoms with Crippen molar-refractivity contribution in [1.82, 2.24) is 5.32 Å². The summed E-state index contributed by atoms with van der Waals surface area (Å²) in [6.45, 7) is 6.92. The summed E-state index contributed by atoms with van der Waals surface area (Å²) in [5, 5.41) is 13.5. The summed E-state index contributed by atoms with van der Waals surface area (Å²) < 4.78 is 6.24. The highest BCUT2D eigenvalue weighted by Crippen LogP contribution is 2.66. The molecule has 0 amide bonds. The van der Waals surface area contributed by atoms with Crippen LogP contribution in [0.1, 0.15) is 71.6 Å². The molecule has 4 fully saturated rings. The second kappa shape index (κ2) is 8.00. The lowest BCUT2D eigenvalue weighted by atomic mass is 9.43. The third-order valence-electron chi connectivity index (χ3n) is 9.67. The zero-order valence-corrected chi connectivity index (χ0v) is 18.2. The molecule has 4 aliphatic carbocycles. The maximum atomic E-state index is 12.6. The highest BCUT2D eigenvalue weighted by Gasteiger charge is 2.62. The lowest BCUT2D eigenvalue weighted by molar-refractivity contribution is -0.163. The van der Waals surface area contributed by atoms with E-state index in [0.29, 0.717) is 47.6 Å². The van der Waals surface area contributed by atoms with Crippen molar-refractivity contribution in [3.8, 4) is 0 Å². The number of hydrogen-bond acceptors (Lipinski definition) is 4. The molecule has 28 heavy (non-hydrogen) atoms. The lowest BCUT2D eigenvalue weighted by Gasteiger charge is -2.62. The molecule has 8 atom stereocenters. The number of fused-ring (bicyclic) bond motifs is 5. The van der Waals surface area contributed by atoms with Crippen molar-refractivity contribution in [3.05, 3.63) is 0 Å². The Morgan fingerprint density at radius 1 is 1.11 bits per heavy atom. The second-order valence-electron chi connectivity index (χ2n) is 10.8. The molecule has 160 valence electrons. The van der Waals surface area contributed by atoms with Gasteiger partial charge in [-0.2, -0.15) is 0 Å². The van der Waals surface area contributed by atoms with Gasteiger partial charge >= 0.3 is 0 Å². The zero-order valence-electron chi connectivity index (χ0n) is 18.2. The number of carbonyl (C=O) groups is 1. The Kier molecular flexibility index (Phi) is 5.94. The van der Waals surface area contributed by atoms with Gasteiger partial charge in [0, 0.05) is 25.0 Å². The maximum absolute atomic E-state index is 12.6. The standard InChI is InChI=1S/C24H41NO3/c1-23-9-7-17(28-12-4-11-25-3)14-21(23)16(15-26)13-18-19-5-6-22(27)24(19,2)10-8-20(18)23/h16-21,25-26H,4-15H2,1-3H3/t16-,17+,18+,19+,20+,21?,23-,24+/m1/s1. The van der Waals surface area contributed by atoms with Gasteiger partial charge in [0.05, 0.1) is 6.10 Å². The van der Waals surface area contributed by atoms with E-state index in [0.717, 1.165) is 64.0 Å². The molecule has 0 aliphatic heterocycles. The van der Waals surface area contributed by atoms with Crippen LogP contribution in [0.15, 0.2) is 0 Å². The van der Waals surface area contributed by atoms with Crippen LogP contribution in [0.2, 0.25) is 0 Å². The Balaban J connectivity index is 1.50. The number of aliphatic hydroxyl groups excluding tert-OH is 1. The molecule has 4 aliphatic rings. The van der Waals surface area contributed by atoms with Crippen molar-refractivity contribution in [2.75, 3.05) is 26.8 Å². The Hall–Kier alpha value is -0.450. The normalized spacial score (nSPS) is 48.1. The van der Waals surface area contributed by atoms with E-state index in [2.05, 4.69) is 19.2 Å². The molecular formula is C24H41NO3. The van der Waals surface area contributed by atoms with E-state index in [1.807, 2.05) is 7.05 Å². The first kappa shape index (κ1) is 20.8. The van der Waals surface area contributed by atoms with Crippen LogP contribution < -0.4 is 5.32 Å². The SMILES string of the molecule is CNCCCO[C@H]1CC[C@@]2(C)C(C1)[C@@H](CO)C[C@@H]1[C@@H]2CC[C@]2(C)C(=O)CC[C@@H]12. The van der Waals surface area contributed by atoms with Gasteiger partial charge in [0.15, 0.2) is 0 Å². The zero-order chi connectivity index (χ0) is 19.9. The number of ketones is 1. The topological polar surface area (TPSA) is 58.6 Å². The molecule has 0 aromatic heterocycles. The summed E-state index contributed by atoms with van der Waals surface area (Å²) in [6.07, 6.45) is 10.2. The van der Waals surface area contributed by atoms with Gasteiger partial charge in [-0.3, -0.25) is 4.79 Å². The van der Waals surface area contributed by atoms with E-state index in [1.165, 1.54) is 12.8 Å². The highest BCUT2D eigenvalue weighted by atomic mass is 16.5. The van der Waals surface area contributed by atoms with Gasteiger partial charge in [-0.25, -0.2) is 0 Å². The highest BCUT2D eigenvalue weighted by molar-refractivity contribution is 5.87. The number of aliphatic hydroxyl groups is 1. The van der Waals surface area contributed by atoms with Crippen LogP contribution in [0, 0.1) is 40.4 Å². The first-order chi connectivity index (χ1) is 13.4. The van der Waals surface area contributed by atoms with Crippen molar-refractivity contribution in [1.29, 1.82) is 0 Å². The van der Waals surface area contributed by atoms with Crippen LogP contribution in [0.25, 0.3) is 0 Å². The second-order valence-corrected chi connectivity index (χ2v) is 10.8. The molecule has 4 saturated carbocycles. The van der Waals surface area contributed by atoms with Crippen molar-refractivity contribution < 1.29 is 14.6 Å². The molecule has 4 nitrogen and oxygen atoms in total. The summed E-state index contributed by atoms with van der Waals surface area (Å²) in [7, 11) is 1.99. The predicted molar refractivity (Wildman–Crippen MR) is 111 cm³/mol. The first-order valence-corrected chi connectivity index (χ1v) is 11.8. The summed E-state index contributed by atoms with van der Waals surface area (Å²) >= 11 is 0. The smallest absolute Gasteiger partial charge is 0.139 e. The summed E-state index contributed by atoms with van der Waals surface area (Å²) in [5.74, 6) is 3.39. The van der Waals surface area contributed by atoms with Crippen molar-refractivity contribution >= 4 is 5.78 Å². The molecule has 4 rings (SSSR count). The fraction of sp³-hybridized carbons (Fsp3) is 0.958. The Morgan fingerprint density at radius 3 is 2.68 bits per heavy atom. The van der Waals surface area contributed by atoms with Crippen LogP contribution in [0.3, 0.4) is 0 Å². The molecule has 0 saturated heterocycles. The lowest BCUT2D eigenvalue weighted by Crippen LogP contribution is -2.57. The van der Waals surface area contributed by atoms with Crippen LogP contribution in [0.4, 0.5) is 0 Å². The molecule has 1 unspecified atom stereocenters. The number of rotatable bonds is 6. The van der Waals surface area contributed by atoms with E-state index < -0.39 is 0 Å². The van der Waals surface area contributed by atoms with Crippen LogP contribution in [0.5, 0.6) is 0 Å².